The number of carbonyl (C=O) groups is 1. The van der Waals surface area contributed by atoms with Gasteiger partial charge in [0.15, 0.2) is 0 Å². The molecule has 1 atom stereocenters. The van der Waals surface area contributed by atoms with E-state index in [-0.39, 0.29) is 29.6 Å². The van der Waals surface area contributed by atoms with E-state index in [9.17, 15) is 17.6 Å². The highest BCUT2D eigenvalue weighted by Crippen LogP contribution is 2.30. The maximum atomic E-state index is 13.7. The molecule has 0 radical (unpaired) electrons. The number of halogens is 1. The fourth-order valence-electron chi connectivity index (χ4n) is 3.75. The van der Waals surface area contributed by atoms with E-state index < -0.39 is 21.8 Å². The highest BCUT2D eigenvalue weighted by molar-refractivity contribution is 7.89. The first-order valence-electron chi connectivity index (χ1n) is 10.6. The average molecular weight is 449 g/mol. The van der Waals surface area contributed by atoms with E-state index in [0.29, 0.717) is 18.5 Å². The largest absolute Gasteiger partial charge is 0.495 e. The van der Waals surface area contributed by atoms with Crippen molar-refractivity contribution in [2.24, 2.45) is 5.92 Å². The number of nitrogens with one attached hydrogen (secondary N) is 1. The molecule has 1 unspecified atom stereocenters. The Balaban J connectivity index is 1.70. The predicted octanol–water partition coefficient (Wildman–Crippen LogP) is 4.22. The van der Waals surface area contributed by atoms with Gasteiger partial charge in [0.2, 0.25) is 15.9 Å². The molecule has 3 rings (SSSR count). The van der Waals surface area contributed by atoms with Gasteiger partial charge in [-0.15, -0.1) is 0 Å². The van der Waals surface area contributed by atoms with Crippen LogP contribution >= 0.6 is 0 Å². The standard InChI is InChI=1S/C23H29FN2O4S/c1-3-4-6-17-8-11-20(12-9-17)25-23(27)18-7-5-14-26(16-18)31(28,29)22-15-19(24)10-13-21(22)30-2/h8-13,15,18H,3-7,14,16H2,1-2H3,(H,25,27). The van der Waals surface area contributed by atoms with Crippen molar-refractivity contribution in [2.45, 2.75) is 43.9 Å². The molecule has 1 heterocycles. The van der Waals surface area contributed by atoms with Crippen LogP contribution in [-0.2, 0) is 21.2 Å². The first kappa shape index (κ1) is 23.2. The molecule has 1 aliphatic rings. The van der Waals surface area contributed by atoms with Gasteiger partial charge < -0.3 is 10.1 Å². The number of rotatable bonds is 8. The Kier molecular flexibility index (Phi) is 7.67. The van der Waals surface area contributed by atoms with Crippen LogP contribution in [0.15, 0.2) is 47.4 Å². The smallest absolute Gasteiger partial charge is 0.246 e. The zero-order valence-corrected chi connectivity index (χ0v) is 18.8. The Morgan fingerprint density at radius 2 is 1.97 bits per heavy atom. The van der Waals surface area contributed by atoms with Crippen LogP contribution in [-0.4, -0.2) is 38.8 Å². The first-order chi connectivity index (χ1) is 14.8. The van der Waals surface area contributed by atoms with Gasteiger partial charge >= 0.3 is 0 Å². The molecule has 0 spiro atoms. The molecule has 0 bridgehead atoms. The number of methoxy groups -OCH3 is 1. The Labute approximate surface area is 183 Å². The number of benzene rings is 2. The minimum Gasteiger partial charge on any atom is -0.495 e. The second-order valence-corrected chi connectivity index (χ2v) is 9.69. The van der Waals surface area contributed by atoms with Gasteiger partial charge in [0.1, 0.15) is 16.5 Å². The molecule has 2 aromatic rings. The number of hydrogen-bond acceptors (Lipinski definition) is 4. The van der Waals surface area contributed by atoms with Gasteiger partial charge in [-0.25, -0.2) is 12.8 Å². The first-order valence-corrected chi connectivity index (χ1v) is 12.0. The zero-order chi connectivity index (χ0) is 22.4. The van der Waals surface area contributed by atoms with Crippen molar-refractivity contribution in [3.63, 3.8) is 0 Å². The second kappa shape index (κ2) is 10.2. The molecule has 8 heteroatoms. The van der Waals surface area contributed by atoms with E-state index in [2.05, 4.69) is 12.2 Å². The Bertz CT molecular complexity index is 1010. The van der Waals surface area contributed by atoms with Crippen LogP contribution in [0.2, 0.25) is 0 Å². The van der Waals surface area contributed by atoms with Crippen molar-refractivity contribution in [1.29, 1.82) is 0 Å². The minimum absolute atomic E-state index is 0.0441. The summed E-state index contributed by atoms with van der Waals surface area (Å²) in [6.07, 6.45) is 4.39. The molecular formula is C23H29FN2O4S. The third-order valence-corrected chi connectivity index (χ3v) is 7.43. The van der Waals surface area contributed by atoms with Crippen LogP contribution in [0.1, 0.15) is 38.2 Å². The van der Waals surface area contributed by atoms with Gasteiger partial charge in [0.05, 0.1) is 13.0 Å². The summed E-state index contributed by atoms with van der Waals surface area (Å²) < 4.78 is 46.3. The molecule has 31 heavy (non-hydrogen) atoms. The van der Waals surface area contributed by atoms with Gasteiger partial charge in [0, 0.05) is 18.8 Å². The number of sulfonamides is 1. The molecule has 1 fully saturated rings. The molecule has 0 aliphatic carbocycles. The Morgan fingerprint density at radius 3 is 2.65 bits per heavy atom. The number of aryl methyl sites for hydroxylation is 1. The Hall–Kier alpha value is -2.45. The van der Waals surface area contributed by atoms with Crippen LogP contribution in [0.3, 0.4) is 0 Å². The van der Waals surface area contributed by atoms with E-state index in [1.54, 1.807) is 0 Å². The van der Waals surface area contributed by atoms with Crippen molar-refractivity contribution in [1.82, 2.24) is 4.31 Å². The lowest BCUT2D eigenvalue weighted by atomic mass is 9.98. The topological polar surface area (TPSA) is 75.7 Å². The summed E-state index contributed by atoms with van der Waals surface area (Å²) in [6.45, 7) is 2.47. The lowest BCUT2D eigenvalue weighted by Gasteiger charge is -2.31. The van der Waals surface area contributed by atoms with Crippen LogP contribution in [0.25, 0.3) is 0 Å². The molecule has 2 aromatic carbocycles. The van der Waals surface area contributed by atoms with Crippen molar-refractivity contribution >= 4 is 21.6 Å². The summed E-state index contributed by atoms with van der Waals surface area (Å²) in [7, 11) is -2.65. The van der Waals surface area contributed by atoms with Gasteiger partial charge in [-0.2, -0.15) is 4.31 Å². The van der Waals surface area contributed by atoms with Crippen molar-refractivity contribution < 1.29 is 22.3 Å². The zero-order valence-electron chi connectivity index (χ0n) is 17.9. The van der Waals surface area contributed by atoms with E-state index >= 15 is 0 Å². The van der Waals surface area contributed by atoms with Gasteiger partial charge in [0.25, 0.3) is 0 Å². The van der Waals surface area contributed by atoms with Crippen LogP contribution in [0.4, 0.5) is 10.1 Å². The maximum absolute atomic E-state index is 13.7. The Morgan fingerprint density at radius 1 is 1.23 bits per heavy atom. The van der Waals surface area contributed by atoms with Gasteiger partial charge in [-0.1, -0.05) is 25.5 Å². The summed E-state index contributed by atoms with van der Waals surface area (Å²) >= 11 is 0. The van der Waals surface area contributed by atoms with Gasteiger partial charge in [-0.05, 0) is 61.6 Å². The molecule has 1 aliphatic heterocycles. The number of carbonyl (C=O) groups excluding carboxylic acids is 1. The molecule has 1 amide bonds. The highest BCUT2D eigenvalue weighted by atomic mass is 32.2. The average Bonchev–Trinajstić information content (AvgIpc) is 2.78. The summed E-state index contributed by atoms with van der Waals surface area (Å²) in [5, 5.41) is 2.89. The van der Waals surface area contributed by atoms with Crippen molar-refractivity contribution in [3.8, 4) is 5.75 Å². The van der Waals surface area contributed by atoms with E-state index in [0.717, 1.165) is 31.4 Å². The third kappa shape index (κ3) is 5.62. The fourth-order valence-corrected chi connectivity index (χ4v) is 5.44. The number of amides is 1. The van der Waals surface area contributed by atoms with E-state index in [4.69, 9.17) is 4.74 Å². The molecule has 168 valence electrons. The monoisotopic (exact) mass is 448 g/mol. The van der Waals surface area contributed by atoms with Gasteiger partial charge in [-0.3, -0.25) is 4.79 Å². The SMILES string of the molecule is CCCCc1ccc(NC(=O)C2CCCN(S(=O)(=O)c3cc(F)ccc3OC)C2)cc1. The van der Waals surface area contributed by atoms with E-state index in [1.807, 2.05) is 24.3 Å². The molecule has 0 saturated carbocycles. The molecule has 1 N–H and O–H groups in total. The maximum Gasteiger partial charge on any atom is 0.246 e. The number of nitrogens with zero attached hydrogens (tertiary/aromatic N) is 1. The minimum atomic E-state index is -3.99. The number of hydrogen-bond donors (Lipinski definition) is 1. The summed E-state index contributed by atoms with van der Waals surface area (Å²) in [6, 6.07) is 11.1. The second-order valence-electron chi connectivity index (χ2n) is 7.79. The number of unbranched alkanes of at least 4 members (excludes halogenated alkanes) is 1. The van der Waals surface area contributed by atoms with Crippen molar-refractivity contribution in [3.05, 3.63) is 53.8 Å². The highest BCUT2D eigenvalue weighted by Gasteiger charge is 2.35. The fraction of sp³-hybridized carbons (Fsp3) is 0.435. The quantitative estimate of drug-likeness (QED) is 0.656. The van der Waals surface area contributed by atoms with Crippen LogP contribution in [0.5, 0.6) is 5.75 Å². The molecule has 6 nitrogen and oxygen atoms in total. The lowest BCUT2D eigenvalue weighted by Crippen LogP contribution is -2.43. The normalized spacial score (nSPS) is 17.3. The number of anilines is 1. The summed E-state index contributed by atoms with van der Waals surface area (Å²) in [4.78, 5) is 12.6. The van der Waals surface area contributed by atoms with Crippen molar-refractivity contribution in [2.75, 3.05) is 25.5 Å². The number of ether oxygens (including phenoxy) is 1. The predicted molar refractivity (Wildman–Crippen MR) is 118 cm³/mol. The summed E-state index contributed by atoms with van der Waals surface area (Å²) in [5.74, 6) is -1.28. The van der Waals surface area contributed by atoms with Crippen LogP contribution in [0, 0.1) is 11.7 Å². The number of piperidine rings is 1. The molecular weight excluding hydrogens is 419 g/mol. The molecule has 1 saturated heterocycles. The molecule has 0 aromatic heterocycles. The third-order valence-electron chi connectivity index (χ3n) is 5.54. The van der Waals surface area contributed by atoms with E-state index in [1.165, 1.54) is 23.0 Å². The lowest BCUT2D eigenvalue weighted by molar-refractivity contribution is -0.120. The summed E-state index contributed by atoms with van der Waals surface area (Å²) in [5.41, 5.74) is 1.91. The van der Waals surface area contributed by atoms with Crippen LogP contribution < -0.4 is 10.1 Å².